The molecule has 0 bridgehead atoms. The van der Waals surface area contributed by atoms with E-state index in [4.69, 9.17) is 0 Å². The van der Waals surface area contributed by atoms with Crippen LogP contribution in [-0.2, 0) is 13.0 Å². The fourth-order valence-corrected chi connectivity index (χ4v) is 4.03. The van der Waals surface area contributed by atoms with Crippen molar-refractivity contribution in [1.29, 1.82) is 0 Å². The van der Waals surface area contributed by atoms with Crippen molar-refractivity contribution >= 4 is 17.2 Å². The van der Waals surface area contributed by atoms with E-state index >= 15 is 0 Å². The molecule has 0 fully saturated rings. The number of fused-ring (bicyclic) bond motifs is 1. The lowest BCUT2D eigenvalue weighted by Crippen LogP contribution is -2.35. The van der Waals surface area contributed by atoms with Gasteiger partial charge in [0.05, 0.1) is 4.88 Å². The van der Waals surface area contributed by atoms with E-state index in [-0.39, 0.29) is 11.9 Å². The first-order chi connectivity index (χ1) is 12.2. The van der Waals surface area contributed by atoms with Crippen LogP contribution in [0, 0.1) is 6.92 Å². The Labute approximate surface area is 149 Å². The maximum atomic E-state index is 12.5. The van der Waals surface area contributed by atoms with Gasteiger partial charge in [-0.2, -0.15) is 0 Å². The molecule has 1 aliphatic rings. The van der Waals surface area contributed by atoms with Crippen molar-refractivity contribution in [3.63, 3.8) is 0 Å². The molecule has 0 saturated carbocycles. The van der Waals surface area contributed by atoms with Crippen LogP contribution in [0.25, 0.3) is 11.4 Å². The molecule has 1 N–H and O–H groups in total. The second-order valence-corrected chi connectivity index (χ2v) is 7.18. The minimum atomic E-state index is 0.0302. The number of thiophene rings is 1. The summed E-state index contributed by atoms with van der Waals surface area (Å²) in [7, 11) is 0. The SMILES string of the molecule is Cc1ccsc1C(=O)NC1CCc2nnc(-c3cccnc3)n2CC1. The molecule has 0 aliphatic carbocycles. The molecule has 0 radical (unpaired) electrons. The Morgan fingerprint density at radius 2 is 2.24 bits per heavy atom. The van der Waals surface area contributed by atoms with E-state index < -0.39 is 0 Å². The summed E-state index contributed by atoms with van der Waals surface area (Å²) in [6.07, 6.45) is 6.11. The Kier molecular flexibility index (Phi) is 4.31. The number of amides is 1. The molecule has 1 amide bonds. The third-order valence-electron chi connectivity index (χ3n) is 4.57. The molecule has 0 spiro atoms. The molecule has 1 unspecified atom stereocenters. The lowest BCUT2D eigenvalue weighted by molar-refractivity contribution is 0.0936. The average molecular weight is 353 g/mol. The van der Waals surface area contributed by atoms with E-state index in [0.717, 1.165) is 53.5 Å². The highest BCUT2D eigenvalue weighted by Crippen LogP contribution is 2.23. The molecule has 7 heteroatoms. The van der Waals surface area contributed by atoms with Gasteiger partial charge < -0.3 is 9.88 Å². The zero-order valence-electron chi connectivity index (χ0n) is 14.0. The van der Waals surface area contributed by atoms with Crippen molar-refractivity contribution in [2.75, 3.05) is 0 Å². The van der Waals surface area contributed by atoms with Gasteiger partial charge in [-0.05, 0) is 48.9 Å². The summed E-state index contributed by atoms with van der Waals surface area (Å²) in [5, 5.41) is 13.8. The van der Waals surface area contributed by atoms with Gasteiger partial charge in [-0.25, -0.2) is 0 Å². The Bertz CT molecular complexity index is 886. The van der Waals surface area contributed by atoms with Crippen molar-refractivity contribution in [3.05, 3.63) is 52.2 Å². The second kappa shape index (κ2) is 6.76. The van der Waals surface area contributed by atoms with Gasteiger partial charge in [0.1, 0.15) is 5.82 Å². The minimum absolute atomic E-state index is 0.0302. The van der Waals surface area contributed by atoms with E-state index in [1.807, 2.05) is 30.5 Å². The number of pyridine rings is 1. The third kappa shape index (κ3) is 3.19. The molecular formula is C18H19N5OS. The standard InChI is InChI=1S/C18H19N5OS/c1-12-7-10-25-16(12)18(24)20-14-4-5-15-21-22-17(23(15)9-6-14)13-3-2-8-19-11-13/h2-3,7-8,10-11,14H,4-6,9H2,1H3,(H,20,24). The van der Waals surface area contributed by atoms with Crippen LogP contribution in [0.3, 0.4) is 0 Å². The number of hydrogen-bond acceptors (Lipinski definition) is 5. The lowest BCUT2D eigenvalue weighted by atomic mass is 10.1. The van der Waals surface area contributed by atoms with Gasteiger partial charge in [-0.1, -0.05) is 0 Å². The van der Waals surface area contributed by atoms with Crippen LogP contribution in [0.4, 0.5) is 0 Å². The molecule has 1 atom stereocenters. The summed E-state index contributed by atoms with van der Waals surface area (Å²) in [6.45, 7) is 2.76. The molecule has 4 heterocycles. The van der Waals surface area contributed by atoms with Gasteiger partial charge >= 0.3 is 0 Å². The van der Waals surface area contributed by atoms with E-state index in [1.54, 1.807) is 12.4 Å². The van der Waals surface area contributed by atoms with Gasteiger partial charge in [0.15, 0.2) is 5.82 Å². The van der Waals surface area contributed by atoms with Crippen LogP contribution >= 0.6 is 11.3 Å². The van der Waals surface area contributed by atoms with Crippen molar-refractivity contribution in [1.82, 2.24) is 25.1 Å². The topological polar surface area (TPSA) is 72.7 Å². The smallest absolute Gasteiger partial charge is 0.261 e. The summed E-state index contributed by atoms with van der Waals surface area (Å²) < 4.78 is 2.15. The molecular weight excluding hydrogens is 334 g/mol. The summed E-state index contributed by atoms with van der Waals surface area (Å²) in [6, 6.07) is 6.03. The Morgan fingerprint density at radius 3 is 3.00 bits per heavy atom. The molecule has 0 saturated heterocycles. The predicted molar refractivity (Wildman–Crippen MR) is 96.5 cm³/mol. The summed E-state index contributed by atoms with van der Waals surface area (Å²) in [5.41, 5.74) is 2.00. The van der Waals surface area contributed by atoms with Crippen LogP contribution in [0.5, 0.6) is 0 Å². The second-order valence-electron chi connectivity index (χ2n) is 6.26. The summed E-state index contributed by atoms with van der Waals surface area (Å²) in [4.78, 5) is 17.4. The average Bonchev–Trinajstić information content (AvgIpc) is 3.19. The van der Waals surface area contributed by atoms with E-state index in [9.17, 15) is 4.79 Å². The first kappa shape index (κ1) is 16.0. The third-order valence-corrected chi connectivity index (χ3v) is 5.58. The first-order valence-corrected chi connectivity index (χ1v) is 9.28. The van der Waals surface area contributed by atoms with Gasteiger partial charge in [-0.3, -0.25) is 9.78 Å². The Hall–Kier alpha value is -2.54. The van der Waals surface area contributed by atoms with Crippen molar-refractivity contribution < 1.29 is 4.79 Å². The van der Waals surface area contributed by atoms with E-state index in [0.29, 0.717) is 0 Å². The Morgan fingerprint density at radius 1 is 1.32 bits per heavy atom. The van der Waals surface area contributed by atoms with Crippen LogP contribution in [-0.4, -0.2) is 31.7 Å². The van der Waals surface area contributed by atoms with E-state index in [1.165, 1.54) is 11.3 Å². The van der Waals surface area contributed by atoms with Crippen LogP contribution < -0.4 is 5.32 Å². The van der Waals surface area contributed by atoms with Crippen molar-refractivity contribution in [2.24, 2.45) is 0 Å². The maximum Gasteiger partial charge on any atom is 0.261 e. The molecule has 3 aromatic rings. The monoisotopic (exact) mass is 353 g/mol. The van der Waals surface area contributed by atoms with Crippen molar-refractivity contribution in [3.8, 4) is 11.4 Å². The molecule has 0 aromatic carbocycles. The molecule has 3 aromatic heterocycles. The summed E-state index contributed by atoms with van der Waals surface area (Å²) in [5.74, 6) is 1.86. The van der Waals surface area contributed by atoms with Crippen LogP contribution in [0.15, 0.2) is 36.0 Å². The number of nitrogens with zero attached hydrogens (tertiary/aromatic N) is 4. The number of aryl methyl sites for hydroxylation is 2. The first-order valence-electron chi connectivity index (χ1n) is 8.40. The zero-order valence-corrected chi connectivity index (χ0v) is 14.8. The highest BCUT2D eigenvalue weighted by atomic mass is 32.1. The largest absolute Gasteiger partial charge is 0.349 e. The van der Waals surface area contributed by atoms with E-state index in [2.05, 4.69) is 25.1 Å². The number of nitrogens with one attached hydrogen (secondary N) is 1. The minimum Gasteiger partial charge on any atom is -0.349 e. The fourth-order valence-electron chi connectivity index (χ4n) is 3.20. The van der Waals surface area contributed by atoms with Gasteiger partial charge in [0.2, 0.25) is 0 Å². The lowest BCUT2D eigenvalue weighted by Gasteiger charge is -2.16. The molecule has 25 heavy (non-hydrogen) atoms. The van der Waals surface area contributed by atoms with Crippen LogP contribution in [0.2, 0.25) is 0 Å². The van der Waals surface area contributed by atoms with Crippen LogP contribution in [0.1, 0.15) is 33.9 Å². The van der Waals surface area contributed by atoms with Gasteiger partial charge in [0.25, 0.3) is 5.91 Å². The van der Waals surface area contributed by atoms with Gasteiger partial charge in [0, 0.05) is 37.0 Å². The normalized spacial score (nSPS) is 16.9. The zero-order chi connectivity index (χ0) is 17.2. The fraction of sp³-hybridized carbons (Fsp3) is 0.333. The van der Waals surface area contributed by atoms with Crippen molar-refractivity contribution in [2.45, 2.75) is 38.8 Å². The highest BCUT2D eigenvalue weighted by molar-refractivity contribution is 7.12. The number of carbonyl (C=O) groups is 1. The quantitative estimate of drug-likeness (QED) is 0.786. The van der Waals surface area contributed by atoms with Gasteiger partial charge in [-0.15, -0.1) is 21.5 Å². The number of hydrogen-bond donors (Lipinski definition) is 1. The maximum absolute atomic E-state index is 12.5. The Balaban J connectivity index is 1.48. The number of carbonyl (C=O) groups excluding carboxylic acids is 1. The molecule has 1 aliphatic heterocycles. The highest BCUT2D eigenvalue weighted by Gasteiger charge is 2.23. The number of aromatic nitrogens is 4. The predicted octanol–water partition coefficient (Wildman–Crippen LogP) is 2.84. The molecule has 6 nitrogen and oxygen atoms in total. The summed E-state index contributed by atoms with van der Waals surface area (Å²) >= 11 is 1.49. The molecule has 128 valence electrons. The molecule has 4 rings (SSSR count). The number of rotatable bonds is 3.